The van der Waals surface area contributed by atoms with Gasteiger partial charge in [-0.2, -0.15) is 0 Å². The number of carbonyl (C=O) groups is 1. The Kier molecular flexibility index (Phi) is 6.75. The van der Waals surface area contributed by atoms with E-state index in [4.69, 9.17) is 9.47 Å². The number of benzene rings is 1. The smallest absolute Gasteiger partial charge is 0.248 e. The lowest BCUT2D eigenvalue weighted by atomic mass is 9.74. The maximum absolute atomic E-state index is 13.7. The lowest BCUT2D eigenvalue weighted by Crippen LogP contribution is -2.47. The van der Waals surface area contributed by atoms with Crippen molar-refractivity contribution in [2.24, 2.45) is 5.92 Å². The first kappa shape index (κ1) is 18.9. The van der Waals surface area contributed by atoms with Crippen molar-refractivity contribution in [2.75, 3.05) is 26.4 Å². The number of hydrogen-bond donors (Lipinski definition) is 1. The monoisotopic (exact) mass is 337 g/mol. The van der Waals surface area contributed by atoms with Crippen LogP contribution in [0.2, 0.25) is 0 Å². The predicted octanol–water partition coefficient (Wildman–Crippen LogP) is 3.05. The van der Waals surface area contributed by atoms with Gasteiger partial charge in [0.15, 0.2) is 0 Å². The van der Waals surface area contributed by atoms with Gasteiger partial charge in [0, 0.05) is 31.8 Å². The second-order valence-corrected chi connectivity index (χ2v) is 6.99. The van der Waals surface area contributed by atoms with Gasteiger partial charge < -0.3 is 14.8 Å². The first-order chi connectivity index (χ1) is 11.4. The fourth-order valence-corrected chi connectivity index (χ4v) is 2.96. The van der Waals surface area contributed by atoms with Gasteiger partial charge in [-0.25, -0.2) is 4.39 Å². The number of carbonyl (C=O) groups excluding carboxylic acids is 1. The van der Waals surface area contributed by atoms with Gasteiger partial charge in [-0.05, 0) is 43.4 Å². The Hall–Kier alpha value is -1.46. The molecule has 134 valence electrons. The lowest BCUT2D eigenvalue weighted by molar-refractivity contribution is -0.132. The summed E-state index contributed by atoms with van der Waals surface area (Å²) >= 11 is 0. The van der Waals surface area contributed by atoms with E-state index in [0.29, 0.717) is 32.3 Å². The van der Waals surface area contributed by atoms with Crippen molar-refractivity contribution >= 4 is 5.91 Å². The van der Waals surface area contributed by atoms with E-state index in [0.717, 1.165) is 18.4 Å². The molecule has 0 aromatic heterocycles. The van der Waals surface area contributed by atoms with Crippen molar-refractivity contribution in [1.82, 2.24) is 5.32 Å². The third-order valence-electron chi connectivity index (χ3n) is 4.54. The van der Waals surface area contributed by atoms with E-state index in [1.807, 2.05) is 19.9 Å². The highest BCUT2D eigenvalue weighted by atomic mass is 19.1. The molecular formula is C19H28FNO3. The Bertz CT molecular complexity index is 541. The molecule has 5 heteroatoms. The summed E-state index contributed by atoms with van der Waals surface area (Å²) in [6, 6.07) is 6.66. The summed E-state index contributed by atoms with van der Waals surface area (Å²) in [5.41, 5.74) is 0.634. The Labute approximate surface area is 143 Å². The Morgan fingerprint density at radius 1 is 1.33 bits per heavy atom. The van der Waals surface area contributed by atoms with Gasteiger partial charge in [0.2, 0.25) is 5.91 Å². The highest BCUT2D eigenvalue weighted by Gasteiger charge is 2.35. The van der Waals surface area contributed by atoms with Crippen LogP contribution in [0.3, 0.4) is 0 Å². The molecule has 4 nitrogen and oxygen atoms in total. The normalized spacial score (nSPS) is 18.4. The van der Waals surface area contributed by atoms with Crippen molar-refractivity contribution in [3.63, 3.8) is 0 Å². The topological polar surface area (TPSA) is 47.6 Å². The molecule has 0 bridgehead atoms. The zero-order valence-corrected chi connectivity index (χ0v) is 14.8. The van der Waals surface area contributed by atoms with Gasteiger partial charge in [0.1, 0.15) is 11.9 Å². The minimum absolute atomic E-state index is 0.127. The third-order valence-corrected chi connectivity index (χ3v) is 4.54. The number of ether oxygens (including phenoxy) is 2. The van der Waals surface area contributed by atoms with Crippen molar-refractivity contribution in [3.05, 3.63) is 35.6 Å². The zero-order chi connectivity index (χ0) is 17.6. The molecule has 1 atom stereocenters. The molecule has 1 aromatic rings. The summed E-state index contributed by atoms with van der Waals surface area (Å²) in [6.45, 7) is 8.11. The van der Waals surface area contributed by atoms with Gasteiger partial charge in [-0.1, -0.05) is 26.0 Å². The molecule has 0 aliphatic carbocycles. The molecule has 0 radical (unpaired) electrons. The van der Waals surface area contributed by atoms with Gasteiger partial charge in [-0.3, -0.25) is 4.79 Å². The van der Waals surface area contributed by atoms with Gasteiger partial charge in [0.25, 0.3) is 0 Å². The highest BCUT2D eigenvalue weighted by molar-refractivity contribution is 5.80. The third kappa shape index (κ3) is 5.02. The van der Waals surface area contributed by atoms with E-state index < -0.39 is 6.10 Å². The summed E-state index contributed by atoms with van der Waals surface area (Å²) in [5.74, 6) is 0.00521. The Morgan fingerprint density at radius 3 is 2.67 bits per heavy atom. The molecule has 24 heavy (non-hydrogen) atoms. The Balaban J connectivity index is 2.03. The van der Waals surface area contributed by atoms with Crippen LogP contribution in [0, 0.1) is 11.7 Å². The van der Waals surface area contributed by atoms with Crippen LogP contribution in [0.4, 0.5) is 4.39 Å². The molecule has 1 aromatic carbocycles. The van der Waals surface area contributed by atoms with Crippen LogP contribution >= 0.6 is 0 Å². The van der Waals surface area contributed by atoms with E-state index in [1.165, 1.54) is 6.07 Å². The largest absolute Gasteiger partial charge is 0.381 e. The van der Waals surface area contributed by atoms with Crippen LogP contribution in [0.1, 0.15) is 39.2 Å². The van der Waals surface area contributed by atoms with Crippen LogP contribution in [-0.4, -0.2) is 38.4 Å². The number of hydrogen-bond acceptors (Lipinski definition) is 3. The second-order valence-electron chi connectivity index (χ2n) is 6.99. The molecule has 1 amide bonds. The summed E-state index contributed by atoms with van der Waals surface area (Å²) in [6.07, 6.45) is 1.03. The van der Waals surface area contributed by atoms with Gasteiger partial charge >= 0.3 is 0 Å². The SMILES string of the molecule is CC(C)COC(C)C(=O)NCC1(c2cccc(F)c2)CCOCC1. The van der Waals surface area contributed by atoms with Crippen LogP contribution in [0.25, 0.3) is 0 Å². The quantitative estimate of drug-likeness (QED) is 0.832. The number of rotatable bonds is 7. The molecule has 1 aliphatic rings. The van der Waals surface area contributed by atoms with E-state index in [1.54, 1.807) is 19.1 Å². The Morgan fingerprint density at radius 2 is 2.04 bits per heavy atom. The average molecular weight is 337 g/mol. The van der Waals surface area contributed by atoms with Gasteiger partial charge in [-0.15, -0.1) is 0 Å². The van der Waals surface area contributed by atoms with Crippen LogP contribution in [0.15, 0.2) is 24.3 Å². The molecule has 1 N–H and O–H groups in total. The van der Waals surface area contributed by atoms with Crippen molar-refractivity contribution in [2.45, 2.75) is 45.1 Å². The fraction of sp³-hybridized carbons (Fsp3) is 0.632. The van der Waals surface area contributed by atoms with Crippen molar-refractivity contribution in [1.29, 1.82) is 0 Å². The molecule has 0 spiro atoms. The summed E-state index contributed by atoms with van der Waals surface area (Å²) < 4.78 is 24.7. The molecule has 1 fully saturated rings. The predicted molar refractivity (Wildman–Crippen MR) is 91.4 cm³/mol. The minimum Gasteiger partial charge on any atom is -0.381 e. The zero-order valence-electron chi connectivity index (χ0n) is 14.8. The second kappa shape index (κ2) is 8.58. The first-order valence-corrected chi connectivity index (χ1v) is 8.66. The molecule has 1 saturated heterocycles. The maximum atomic E-state index is 13.7. The molecular weight excluding hydrogens is 309 g/mol. The number of amides is 1. The molecule has 0 saturated carbocycles. The standard InChI is InChI=1S/C19H28FNO3/c1-14(2)12-24-15(3)18(22)21-13-19(7-9-23-10-8-19)16-5-4-6-17(20)11-16/h4-6,11,14-15H,7-10,12-13H2,1-3H3,(H,21,22). The molecule has 1 aliphatic heterocycles. The summed E-state index contributed by atoms with van der Waals surface area (Å²) in [4.78, 5) is 12.3. The fourth-order valence-electron chi connectivity index (χ4n) is 2.96. The van der Waals surface area contributed by atoms with Crippen LogP contribution < -0.4 is 5.32 Å². The summed E-state index contributed by atoms with van der Waals surface area (Å²) in [7, 11) is 0. The summed E-state index contributed by atoms with van der Waals surface area (Å²) in [5, 5.41) is 2.99. The molecule has 1 heterocycles. The van der Waals surface area contributed by atoms with Crippen molar-refractivity contribution < 1.29 is 18.7 Å². The van der Waals surface area contributed by atoms with E-state index in [2.05, 4.69) is 5.32 Å². The minimum atomic E-state index is -0.489. The van der Waals surface area contributed by atoms with Crippen molar-refractivity contribution in [3.8, 4) is 0 Å². The highest BCUT2D eigenvalue weighted by Crippen LogP contribution is 2.34. The average Bonchev–Trinajstić information content (AvgIpc) is 2.58. The number of nitrogens with one attached hydrogen (secondary N) is 1. The number of halogens is 1. The van der Waals surface area contributed by atoms with Gasteiger partial charge in [0.05, 0.1) is 0 Å². The van der Waals surface area contributed by atoms with E-state index >= 15 is 0 Å². The van der Waals surface area contributed by atoms with E-state index in [-0.39, 0.29) is 17.1 Å². The van der Waals surface area contributed by atoms with Crippen LogP contribution in [-0.2, 0) is 19.7 Å². The van der Waals surface area contributed by atoms with E-state index in [9.17, 15) is 9.18 Å². The maximum Gasteiger partial charge on any atom is 0.248 e. The van der Waals surface area contributed by atoms with Crippen LogP contribution in [0.5, 0.6) is 0 Å². The molecule has 2 rings (SSSR count). The lowest BCUT2D eigenvalue weighted by Gasteiger charge is -2.38. The first-order valence-electron chi connectivity index (χ1n) is 8.66. The molecule has 1 unspecified atom stereocenters.